The molecule has 6 aliphatic rings. The van der Waals surface area contributed by atoms with Gasteiger partial charge in [-0.15, -0.1) is 0 Å². The van der Waals surface area contributed by atoms with Crippen molar-refractivity contribution in [3.63, 3.8) is 0 Å². The lowest BCUT2D eigenvalue weighted by molar-refractivity contribution is -0.131. The number of carbonyl (C=O) groups excluding carboxylic acids is 1. The minimum atomic E-state index is -0.972. The number of rotatable bonds is 4. The molecule has 0 aromatic heterocycles. The monoisotopic (exact) mass is 409 g/mol. The third kappa shape index (κ3) is 3.89. The second kappa shape index (κ2) is 8.09. The average molecular weight is 410 g/mol. The molecule has 5 fully saturated rings. The Morgan fingerprint density at radius 1 is 1.24 bits per heavy atom. The van der Waals surface area contributed by atoms with E-state index in [4.69, 9.17) is 10.5 Å². The van der Waals surface area contributed by atoms with Gasteiger partial charge in [0.25, 0.3) is 0 Å². The molecule has 7 atom stereocenters. The summed E-state index contributed by atoms with van der Waals surface area (Å²) in [6.07, 6.45) is 4.52. The zero-order valence-electron chi connectivity index (χ0n) is 16.6. The molecule has 0 aromatic rings. The molecule has 6 N–H and O–H groups in total. The van der Waals surface area contributed by atoms with Crippen molar-refractivity contribution in [3.8, 4) is 0 Å². The average Bonchev–Trinajstić information content (AvgIpc) is 3.05. The Bertz CT molecular complexity index is 644. The molecule has 0 aliphatic carbocycles. The molecular formula is C19H32FN7O2. The molecule has 0 aromatic carbocycles. The summed E-state index contributed by atoms with van der Waals surface area (Å²) < 4.78 is 20.2. The van der Waals surface area contributed by atoms with Gasteiger partial charge in [0.1, 0.15) is 6.17 Å². The Morgan fingerprint density at radius 3 is 2.83 bits per heavy atom. The molecule has 6 unspecified atom stereocenters. The number of amides is 1. The molecular weight excluding hydrogens is 377 g/mol. The molecule has 0 radical (unpaired) electrons. The van der Waals surface area contributed by atoms with Crippen LogP contribution in [0.2, 0.25) is 0 Å². The summed E-state index contributed by atoms with van der Waals surface area (Å²) >= 11 is 0. The Morgan fingerprint density at radius 2 is 2.07 bits per heavy atom. The van der Waals surface area contributed by atoms with Crippen LogP contribution in [-0.2, 0) is 9.53 Å². The van der Waals surface area contributed by atoms with Gasteiger partial charge in [0, 0.05) is 26.2 Å². The van der Waals surface area contributed by atoms with Crippen LogP contribution < -0.4 is 27.1 Å². The van der Waals surface area contributed by atoms with E-state index >= 15 is 0 Å². The van der Waals surface area contributed by atoms with Gasteiger partial charge in [-0.2, -0.15) is 0 Å². The minimum absolute atomic E-state index is 0.132. The number of nitrogens with one attached hydrogen (secondary N) is 4. The zero-order chi connectivity index (χ0) is 20.0. The molecule has 10 heteroatoms. The highest BCUT2D eigenvalue weighted by Crippen LogP contribution is 2.31. The van der Waals surface area contributed by atoms with E-state index in [1.165, 1.54) is 25.9 Å². The largest absolute Gasteiger partial charge is 0.389 e. The lowest BCUT2D eigenvalue weighted by Crippen LogP contribution is -2.61. The van der Waals surface area contributed by atoms with E-state index in [0.29, 0.717) is 12.5 Å². The van der Waals surface area contributed by atoms with Gasteiger partial charge < -0.3 is 26.0 Å². The number of nitrogens with zero attached hydrogens (tertiary/aromatic N) is 2. The second-order valence-corrected chi connectivity index (χ2v) is 8.94. The third-order valence-corrected chi connectivity index (χ3v) is 7.02. The fraction of sp³-hybridized carbons (Fsp3) is 0.842. The Hall–Kier alpha value is -1.30. The summed E-state index contributed by atoms with van der Waals surface area (Å²) in [6, 6.07) is -0.165. The molecule has 2 bridgehead atoms. The predicted molar refractivity (Wildman–Crippen MR) is 105 cm³/mol. The fourth-order valence-electron chi connectivity index (χ4n) is 5.41. The maximum atomic E-state index is 13.7. The van der Waals surface area contributed by atoms with Crippen LogP contribution in [-0.4, -0.2) is 91.8 Å². The number of ether oxygens (including phenoxy) is 1. The number of nitrogens with two attached hydrogens (primary N) is 1. The van der Waals surface area contributed by atoms with Gasteiger partial charge in [-0.05, 0) is 44.1 Å². The number of hydrogen-bond acceptors (Lipinski definition) is 8. The van der Waals surface area contributed by atoms with Crippen LogP contribution in [0.1, 0.15) is 12.8 Å². The Balaban J connectivity index is 1.23. The van der Waals surface area contributed by atoms with Crippen LogP contribution in [0.3, 0.4) is 0 Å². The minimum Gasteiger partial charge on any atom is -0.389 e. The quantitative estimate of drug-likeness (QED) is 0.365. The van der Waals surface area contributed by atoms with Crippen LogP contribution in [0, 0.1) is 11.8 Å². The van der Waals surface area contributed by atoms with Crippen molar-refractivity contribution in [1.29, 1.82) is 0 Å². The van der Waals surface area contributed by atoms with Crippen molar-refractivity contribution < 1.29 is 13.9 Å². The molecule has 6 rings (SSSR count). The lowest BCUT2D eigenvalue weighted by Gasteiger charge is -2.46. The van der Waals surface area contributed by atoms with Crippen LogP contribution in [0.4, 0.5) is 4.39 Å². The maximum Gasteiger partial charge on any atom is 0.229 e. The first kappa shape index (κ1) is 19.7. The first-order valence-corrected chi connectivity index (χ1v) is 10.8. The summed E-state index contributed by atoms with van der Waals surface area (Å²) in [5.41, 5.74) is 9.20. The first-order chi connectivity index (χ1) is 14.1. The second-order valence-electron chi connectivity index (χ2n) is 8.94. The highest BCUT2D eigenvalue weighted by molar-refractivity contribution is 5.81. The van der Waals surface area contributed by atoms with E-state index in [1.807, 2.05) is 12.3 Å². The molecule has 0 saturated carbocycles. The molecule has 5 saturated heterocycles. The van der Waals surface area contributed by atoms with Crippen molar-refractivity contribution in [3.05, 3.63) is 12.3 Å². The Labute approximate surface area is 170 Å². The van der Waals surface area contributed by atoms with Crippen molar-refractivity contribution >= 4 is 5.91 Å². The Kier molecular flexibility index (Phi) is 5.48. The fourth-order valence-corrected chi connectivity index (χ4v) is 5.41. The first-order valence-electron chi connectivity index (χ1n) is 10.8. The van der Waals surface area contributed by atoms with Gasteiger partial charge in [-0.3, -0.25) is 10.1 Å². The van der Waals surface area contributed by atoms with Crippen LogP contribution in [0.5, 0.6) is 0 Å². The standard InChI is InChI=1S/C19H32FN7O2/c20-12-7-23-18-16(17(21)25-27(18)9-12)19(28)24-13-8-22-4-1-14(13)29-15-10-26-5-2-11(15)3-6-26/h1,4,11-18,22-23,25H,2-3,5-10,21H2,(H,24,28)/t12?,13?,14?,15-,16?,17?,18?/m1/s1. The van der Waals surface area contributed by atoms with Crippen molar-refractivity contribution in [2.75, 3.05) is 39.3 Å². The van der Waals surface area contributed by atoms with E-state index in [9.17, 15) is 9.18 Å². The van der Waals surface area contributed by atoms with Crippen molar-refractivity contribution in [2.45, 2.75) is 49.6 Å². The summed E-state index contributed by atoms with van der Waals surface area (Å²) in [5, 5.41) is 11.2. The molecule has 162 valence electrons. The summed E-state index contributed by atoms with van der Waals surface area (Å²) in [6.45, 7) is 4.39. The molecule has 0 spiro atoms. The predicted octanol–water partition coefficient (Wildman–Crippen LogP) is -1.94. The van der Waals surface area contributed by atoms with Gasteiger partial charge >= 0.3 is 0 Å². The molecule has 29 heavy (non-hydrogen) atoms. The zero-order valence-corrected chi connectivity index (χ0v) is 16.6. The maximum absolute atomic E-state index is 13.7. The van der Waals surface area contributed by atoms with Gasteiger partial charge in [0.2, 0.25) is 5.91 Å². The summed E-state index contributed by atoms with van der Waals surface area (Å²) in [7, 11) is 0. The third-order valence-electron chi connectivity index (χ3n) is 7.02. The van der Waals surface area contributed by atoms with Gasteiger partial charge in [0.15, 0.2) is 0 Å². The highest BCUT2D eigenvalue weighted by atomic mass is 19.1. The topological polar surface area (TPSA) is 107 Å². The van der Waals surface area contributed by atoms with E-state index in [0.717, 1.165) is 6.54 Å². The van der Waals surface area contributed by atoms with Crippen molar-refractivity contribution in [2.24, 2.45) is 17.6 Å². The summed E-state index contributed by atoms with van der Waals surface area (Å²) in [4.78, 5) is 15.6. The molecule has 1 amide bonds. The number of halogens is 1. The van der Waals surface area contributed by atoms with Crippen molar-refractivity contribution in [1.82, 2.24) is 31.3 Å². The normalized spacial score (nSPS) is 46.9. The number of hydrazine groups is 1. The SMILES string of the molecule is NC1NN2CC(F)CNC2C1C(=O)NC1CNC=CC1O[C@@H]1CN2CCC1CC2. The van der Waals surface area contributed by atoms with E-state index in [1.54, 1.807) is 5.01 Å². The van der Waals surface area contributed by atoms with Crippen LogP contribution >= 0.6 is 0 Å². The van der Waals surface area contributed by atoms with Crippen LogP contribution in [0.25, 0.3) is 0 Å². The smallest absolute Gasteiger partial charge is 0.229 e. The van der Waals surface area contributed by atoms with E-state index in [2.05, 4.69) is 26.3 Å². The number of alkyl halides is 1. The van der Waals surface area contributed by atoms with Crippen LogP contribution in [0.15, 0.2) is 12.3 Å². The number of piperidine rings is 3. The van der Waals surface area contributed by atoms with E-state index < -0.39 is 18.3 Å². The molecule has 6 heterocycles. The summed E-state index contributed by atoms with van der Waals surface area (Å²) in [5.74, 6) is -0.0153. The molecule has 6 aliphatic heterocycles. The van der Waals surface area contributed by atoms with E-state index in [-0.39, 0.29) is 43.4 Å². The lowest BCUT2D eigenvalue weighted by atomic mass is 9.85. The molecule has 9 nitrogen and oxygen atoms in total. The van der Waals surface area contributed by atoms with Gasteiger partial charge in [-0.1, -0.05) is 0 Å². The van der Waals surface area contributed by atoms with Gasteiger partial charge in [-0.25, -0.2) is 14.8 Å². The number of fused-ring (bicyclic) bond motifs is 4. The highest BCUT2D eigenvalue weighted by Gasteiger charge is 2.47. The number of carbonyl (C=O) groups is 1. The number of hydrogen-bond donors (Lipinski definition) is 5. The van der Waals surface area contributed by atoms with Gasteiger partial charge in [0.05, 0.1) is 36.5 Å².